The molecule has 1 aliphatic heterocycles. The van der Waals surface area contributed by atoms with Gasteiger partial charge in [-0.3, -0.25) is 4.79 Å². The quantitative estimate of drug-likeness (QED) is 0.501. The van der Waals surface area contributed by atoms with Crippen molar-refractivity contribution in [1.82, 2.24) is 13.8 Å². The normalized spacial score (nSPS) is 15.3. The number of aromatic nitrogens is 1. The van der Waals surface area contributed by atoms with Gasteiger partial charge in [0, 0.05) is 45.5 Å². The van der Waals surface area contributed by atoms with Crippen molar-refractivity contribution in [2.24, 2.45) is 4.99 Å². The highest BCUT2D eigenvalue weighted by Gasteiger charge is 2.20. The van der Waals surface area contributed by atoms with Crippen LogP contribution in [0.3, 0.4) is 0 Å². The molecule has 3 heterocycles. The Bertz CT molecular complexity index is 1260. The molecule has 3 aromatic rings. The fraction of sp³-hybridized carbons (Fsp3) is 0.364. The number of carbonyl (C=O) groups excluding carboxylic acids is 1. The number of sulfonamides is 1. The minimum atomic E-state index is -3.54. The molecule has 8 nitrogen and oxygen atoms in total. The third kappa shape index (κ3) is 4.72. The first kappa shape index (κ1) is 22.5. The van der Waals surface area contributed by atoms with Crippen molar-refractivity contribution in [2.45, 2.75) is 30.7 Å². The lowest BCUT2D eigenvalue weighted by atomic mass is 10.3. The first-order valence-corrected chi connectivity index (χ1v) is 12.8. The smallest absolute Gasteiger partial charge is 0.242 e. The van der Waals surface area contributed by atoms with Crippen molar-refractivity contribution in [3.05, 3.63) is 52.8 Å². The van der Waals surface area contributed by atoms with Gasteiger partial charge in [0.2, 0.25) is 15.9 Å². The molecule has 1 amide bonds. The predicted molar refractivity (Wildman–Crippen MR) is 123 cm³/mol. The summed E-state index contributed by atoms with van der Waals surface area (Å²) in [5.74, 6) is 0.958. The Hall–Kier alpha value is -2.69. The number of hydrogen-bond acceptors (Lipinski definition) is 6. The standard InChI is InChI=1S/C22H26N4O4S2/c1-24(2)32(28,29)18-8-3-7-17(15-18)23-22-26(13-6-12-25-11-4-10-21(25)27)19(16-31-22)20-9-5-14-30-20/h3,5,7-9,14-16H,4,6,10-13H2,1-2H3. The van der Waals surface area contributed by atoms with Gasteiger partial charge < -0.3 is 13.9 Å². The van der Waals surface area contributed by atoms with Crippen LogP contribution in [0.15, 0.2) is 62.3 Å². The highest BCUT2D eigenvalue weighted by atomic mass is 32.2. The summed E-state index contributed by atoms with van der Waals surface area (Å²) < 4.78 is 33.8. The van der Waals surface area contributed by atoms with Crippen LogP contribution < -0.4 is 4.80 Å². The highest BCUT2D eigenvalue weighted by molar-refractivity contribution is 7.89. The summed E-state index contributed by atoms with van der Waals surface area (Å²) >= 11 is 1.47. The molecule has 10 heteroatoms. The summed E-state index contributed by atoms with van der Waals surface area (Å²) in [6.45, 7) is 2.19. The number of likely N-dealkylation sites (tertiary alicyclic amines) is 1. The summed E-state index contributed by atoms with van der Waals surface area (Å²) in [6, 6.07) is 10.4. The number of benzene rings is 1. The van der Waals surface area contributed by atoms with E-state index in [4.69, 9.17) is 9.41 Å². The molecule has 2 aromatic heterocycles. The van der Waals surface area contributed by atoms with Crippen LogP contribution in [0.1, 0.15) is 19.3 Å². The van der Waals surface area contributed by atoms with E-state index in [1.54, 1.807) is 30.5 Å². The molecular weight excluding hydrogens is 448 g/mol. The fourth-order valence-corrected chi connectivity index (χ4v) is 5.53. The highest BCUT2D eigenvalue weighted by Crippen LogP contribution is 2.23. The molecule has 0 spiro atoms. The van der Waals surface area contributed by atoms with Gasteiger partial charge in [-0.15, -0.1) is 11.3 Å². The molecule has 0 atom stereocenters. The second kappa shape index (κ2) is 9.43. The minimum absolute atomic E-state index is 0.200. The Morgan fingerprint density at radius 1 is 1.19 bits per heavy atom. The van der Waals surface area contributed by atoms with Crippen molar-refractivity contribution in [1.29, 1.82) is 0 Å². The molecule has 0 saturated carbocycles. The zero-order chi connectivity index (χ0) is 22.7. The van der Waals surface area contributed by atoms with E-state index in [9.17, 15) is 13.2 Å². The number of nitrogens with zero attached hydrogens (tertiary/aromatic N) is 4. The van der Waals surface area contributed by atoms with Crippen LogP contribution in [-0.2, 0) is 21.4 Å². The molecule has 32 heavy (non-hydrogen) atoms. The van der Waals surface area contributed by atoms with E-state index >= 15 is 0 Å². The predicted octanol–water partition coefficient (Wildman–Crippen LogP) is 3.30. The maximum absolute atomic E-state index is 12.5. The van der Waals surface area contributed by atoms with E-state index in [1.165, 1.54) is 29.7 Å². The Labute approximate surface area is 191 Å². The molecule has 0 aliphatic carbocycles. The third-order valence-electron chi connectivity index (χ3n) is 5.37. The lowest BCUT2D eigenvalue weighted by molar-refractivity contribution is -0.127. The lowest BCUT2D eigenvalue weighted by Gasteiger charge is -2.16. The van der Waals surface area contributed by atoms with Crippen LogP contribution in [0.5, 0.6) is 0 Å². The van der Waals surface area contributed by atoms with Crippen LogP contribution in [-0.4, -0.2) is 55.3 Å². The van der Waals surface area contributed by atoms with Crippen LogP contribution in [0.2, 0.25) is 0 Å². The molecular formula is C22H26N4O4S2. The molecule has 0 N–H and O–H groups in total. The SMILES string of the molecule is CN(C)S(=O)(=O)c1cccc(N=c2scc(-c3ccco3)n2CCCN2CCCC2=O)c1. The average Bonchev–Trinajstić information content (AvgIpc) is 3.51. The zero-order valence-electron chi connectivity index (χ0n) is 18.1. The summed E-state index contributed by atoms with van der Waals surface area (Å²) in [5, 5.41) is 1.99. The van der Waals surface area contributed by atoms with Gasteiger partial charge in [0.15, 0.2) is 10.6 Å². The number of hydrogen-bond donors (Lipinski definition) is 0. The summed E-state index contributed by atoms with van der Waals surface area (Å²) in [4.78, 5) is 19.5. The van der Waals surface area contributed by atoms with E-state index in [1.807, 2.05) is 22.4 Å². The zero-order valence-corrected chi connectivity index (χ0v) is 19.7. The van der Waals surface area contributed by atoms with Crippen molar-refractivity contribution in [2.75, 3.05) is 27.2 Å². The van der Waals surface area contributed by atoms with Crippen molar-refractivity contribution >= 4 is 33.0 Å². The number of furan rings is 1. The first-order chi connectivity index (χ1) is 15.4. The van der Waals surface area contributed by atoms with Gasteiger partial charge in [-0.05, 0) is 43.2 Å². The van der Waals surface area contributed by atoms with Crippen molar-refractivity contribution < 1.29 is 17.6 Å². The summed E-state index contributed by atoms with van der Waals surface area (Å²) in [6.07, 6.45) is 3.98. The monoisotopic (exact) mass is 474 g/mol. The third-order valence-corrected chi connectivity index (χ3v) is 8.05. The van der Waals surface area contributed by atoms with Crippen LogP contribution in [0.25, 0.3) is 11.5 Å². The number of rotatable bonds is 8. The molecule has 4 rings (SSSR count). The Morgan fingerprint density at radius 3 is 2.72 bits per heavy atom. The molecule has 1 saturated heterocycles. The van der Waals surface area contributed by atoms with E-state index in [0.29, 0.717) is 25.2 Å². The molecule has 1 fully saturated rings. The number of amides is 1. The molecule has 0 unspecified atom stereocenters. The van der Waals surface area contributed by atoms with Crippen molar-refractivity contribution in [3.63, 3.8) is 0 Å². The Balaban J connectivity index is 1.66. The molecule has 0 radical (unpaired) electrons. The van der Waals surface area contributed by atoms with E-state index < -0.39 is 10.0 Å². The summed E-state index contributed by atoms with van der Waals surface area (Å²) in [5.41, 5.74) is 1.47. The van der Waals surface area contributed by atoms with Gasteiger partial charge in [0.05, 0.1) is 22.5 Å². The maximum Gasteiger partial charge on any atom is 0.242 e. The van der Waals surface area contributed by atoms with Gasteiger partial charge in [-0.1, -0.05) is 6.07 Å². The fourth-order valence-electron chi connectivity index (χ4n) is 3.65. The van der Waals surface area contributed by atoms with E-state index in [2.05, 4.69) is 4.57 Å². The van der Waals surface area contributed by atoms with Crippen molar-refractivity contribution in [3.8, 4) is 11.5 Å². The Kier molecular flexibility index (Phi) is 6.63. The Morgan fingerprint density at radius 2 is 2.03 bits per heavy atom. The second-order valence-corrected chi connectivity index (χ2v) is 10.8. The van der Waals surface area contributed by atoms with E-state index in [-0.39, 0.29) is 10.8 Å². The minimum Gasteiger partial charge on any atom is -0.463 e. The number of carbonyl (C=O) groups is 1. The lowest BCUT2D eigenvalue weighted by Crippen LogP contribution is -2.27. The molecule has 1 aromatic carbocycles. The topological polar surface area (TPSA) is 88.1 Å². The first-order valence-electron chi connectivity index (χ1n) is 10.4. The van der Waals surface area contributed by atoms with Crippen LogP contribution in [0, 0.1) is 0 Å². The summed E-state index contributed by atoms with van der Waals surface area (Å²) in [7, 11) is -0.529. The van der Waals surface area contributed by atoms with Crippen LogP contribution in [0.4, 0.5) is 5.69 Å². The largest absolute Gasteiger partial charge is 0.463 e. The molecule has 0 bridgehead atoms. The maximum atomic E-state index is 12.5. The second-order valence-electron chi connectivity index (χ2n) is 7.77. The average molecular weight is 475 g/mol. The molecule has 1 aliphatic rings. The molecule has 170 valence electrons. The van der Waals surface area contributed by atoms with Gasteiger partial charge in [0.25, 0.3) is 0 Å². The van der Waals surface area contributed by atoms with Crippen LogP contribution >= 0.6 is 11.3 Å². The van der Waals surface area contributed by atoms with Gasteiger partial charge in [0.1, 0.15) is 0 Å². The van der Waals surface area contributed by atoms with Gasteiger partial charge >= 0.3 is 0 Å². The van der Waals surface area contributed by atoms with E-state index in [0.717, 1.165) is 35.6 Å². The number of thiazole rings is 1. The van der Waals surface area contributed by atoms with Gasteiger partial charge in [-0.2, -0.15) is 0 Å². The van der Waals surface area contributed by atoms with Gasteiger partial charge in [-0.25, -0.2) is 17.7 Å².